The summed E-state index contributed by atoms with van der Waals surface area (Å²) in [6, 6.07) is 9.02. The number of carbonyl (C=O) groups excluding carboxylic acids is 1. The lowest BCUT2D eigenvalue weighted by molar-refractivity contribution is -0.122. The molecule has 5 nitrogen and oxygen atoms in total. The number of rotatable bonds is 4. The van der Waals surface area contributed by atoms with Gasteiger partial charge in [0.2, 0.25) is 5.91 Å². The van der Waals surface area contributed by atoms with E-state index in [-0.39, 0.29) is 12.5 Å². The maximum atomic E-state index is 11.7. The van der Waals surface area contributed by atoms with Crippen molar-refractivity contribution in [2.75, 3.05) is 5.73 Å². The number of hydrogen-bond acceptors (Lipinski definition) is 3. The van der Waals surface area contributed by atoms with Gasteiger partial charge in [0.15, 0.2) is 0 Å². The van der Waals surface area contributed by atoms with Crippen LogP contribution in [-0.2, 0) is 17.9 Å². The van der Waals surface area contributed by atoms with Gasteiger partial charge in [0.25, 0.3) is 0 Å². The fourth-order valence-corrected chi connectivity index (χ4v) is 1.71. The van der Waals surface area contributed by atoms with E-state index in [1.54, 1.807) is 18.3 Å². The molecule has 1 heterocycles. The molecule has 0 fully saturated rings. The summed E-state index contributed by atoms with van der Waals surface area (Å²) < 4.78 is 1.48. The summed E-state index contributed by atoms with van der Waals surface area (Å²) in [5, 5.41) is 7.34. The van der Waals surface area contributed by atoms with Gasteiger partial charge in [-0.25, -0.2) is 0 Å². The number of halogens is 1. The quantitative estimate of drug-likeness (QED) is 0.878. The van der Waals surface area contributed by atoms with Crippen LogP contribution in [0, 0.1) is 0 Å². The highest BCUT2D eigenvalue weighted by atomic mass is 35.5. The van der Waals surface area contributed by atoms with Gasteiger partial charge in [-0.1, -0.05) is 29.8 Å². The Bertz CT molecular complexity index is 553. The first-order chi connectivity index (χ1) is 8.65. The van der Waals surface area contributed by atoms with Crippen LogP contribution in [0.3, 0.4) is 0 Å². The Hall–Kier alpha value is -2.01. The van der Waals surface area contributed by atoms with Crippen molar-refractivity contribution in [3.63, 3.8) is 0 Å². The van der Waals surface area contributed by atoms with Crippen molar-refractivity contribution in [2.24, 2.45) is 0 Å². The van der Waals surface area contributed by atoms with Crippen molar-refractivity contribution in [2.45, 2.75) is 13.1 Å². The molecule has 3 N–H and O–H groups in total. The molecule has 0 saturated heterocycles. The van der Waals surface area contributed by atoms with Gasteiger partial charge >= 0.3 is 0 Å². The normalized spacial score (nSPS) is 10.3. The second kappa shape index (κ2) is 5.55. The molecule has 94 valence electrons. The maximum Gasteiger partial charge on any atom is 0.241 e. The van der Waals surface area contributed by atoms with Gasteiger partial charge in [0.05, 0.1) is 0 Å². The van der Waals surface area contributed by atoms with E-state index in [0.29, 0.717) is 17.4 Å². The lowest BCUT2D eigenvalue weighted by Crippen LogP contribution is -2.27. The van der Waals surface area contributed by atoms with Gasteiger partial charge in [0.1, 0.15) is 12.4 Å². The first kappa shape index (κ1) is 12.4. The minimum absolute atomic E-state index is 0.141. The number of amides is 1. The molecule has 0 unspecified atom stereocenters. The van der Waals surface area contributed by atoms with Crippen LogP contribution in [0.2, 0.25) is 5.02 Å². The van der Waals surface area contributed by atoms with Crippen molar-refractivity contribution in [1.82, 2.24) is 15.1 Å². The second-order valence-corrected chi connectivity index (χ2v) is 4.21. The predicted molar refractivity (Wildman–Crippen MR) is 69.9 cm³/mol. The lowest BCUT2D eigenvalue weighted by Gasteiger charge is -2.06. The number of carbonyl (C=O) groups is 1. The summed E-state index contributed by atoms with van der Waals surface area (Å²) in [5.74, 6) is 0.256. The fourth-order valence-electron chi connectivity index (χ4n) is 1.50. The molecule has 0 spiro atoms. The first-order valence-electron chi connectivity index (χ1n) is 5.44. The van der Waals surface area contributed by atoms with Crippen LogP contribution in [0.25, 0.3) is 0 Å². The summed E-state index contributed by atoms with van der Waals surface area (Å²) in [5.41, 5.74) is 6.34. The Morgan fingerprint density at radius 2 is 2.17 bits per heavy atom. The van der Waals surface area contributed by atoms with E-state index in [9.17, 15) is 4.79 Å². The minimum Gasteiger partial charge on any atom is -0.382 e. The SMILES string of the molecule is Nc1ccn(CC(=O)NCc2ccccc2Cl)n1. The lowest BCUT2D eigenvalue weighted by atomic mass is 10.2. The van der Waals surface area contributed by atoms with E-state index < -0.39 is 0 Å². The molecule has 2 rings (SSSR count). The largest absolute Gasteiger partial charge is 0.382 e. The van der Waals surface area contributed by atoms with Gasteiger partial charge in [-0.05, 0) is 17.7 Å². The number of aromatic nitrogens is 2. The van der Waals surface area contributed by atoms with Gasteiger partial charge in [-0.3, -0.25) is 9.48 Å². The smallest absolute Gasteiger partial charge is 0.241 e. The third-order valence-electron chi connectivity index (χ3n) is 2.40. The summed E-state index contributed by atoms with van der Waals surface area (Å²) in [7, 11) is 0. The van der Waals surface area contributed by atoms with Gasteiger partial charge in [-0.15, -0.1) is 0 Å². The third kappa shape index (κ3) is 3.24. The molecule has 2 aromatic rings. The second-order valence-electron chi connectivity index (χ2n) is 3.81. The van der Waals surface area contributed by atoms with Gasteiger partial charge in [0, 0.05) is 17.8 Å². The highest BCUT2D eigenvalue weighted by molar-refractivity contribution is 6.31. The molecule has 0 aliphatic carbocycles. The standard InChI is InChI=1S/C12H13ClN4O/c13-10-4-2-1-3-9(10)7-15-12(18)8-17-6-5-11(14)16-17/h1-6H,7-8H2,(H2,14,16)(H,15,18). The topological polar surface area (TPSA) is 72.9 Å². The summed E-state index contributed by atoms with van der Waals surface area (Å²) in [6.45, 7) is 0.539. The molecule has 18 heavy (non-hydrogen) atoms. The zero-order chi connectivity index (χ0) is 13.0. The zero-order valence-corrected chi connectivity index (χ0v) is 10.4. The molecule has 0 aliphatic rings. The molecule has 6 heteroatoms. The van der Waals surface area contributed by atoms with E-state index >= 15 is 0 Å². The number of nitrogens with two attached hydrogens (primary N) is 1. The van der Waals surface area contributed by atoms with Crippen LogP contribution in [0.15, 0.2) is 36.5 Å². The van der Waals surface area contributed by atoms with Crippen molar-refractivity contribution < 1.29 is 4.79 Å². The highest BCUT2D eigenvalue weighted by Gasteiger charge is 2.05. The average Bonchev–Trinajstić information content (AvgIpc) is 2.74. The van der Waals surface area contributed by atoms with Crippen molar-refractivity contribution in [3.8, 4) is 0 Å². The van der Waals surface area contributed by atoms with E-state index in [0.717, 1.165) is 5.56 Å². The molecule has 1 amide bonds. The molecule has 1 aromatic carbocycles. The highest BCUT2D eigenvalue weighted by Crippen LogP contribution is 2.14. The Morgan fingerprint density at radius 1 is 1.39 bits per heavy atom. The van der Waals surface area contributed by atoms with E-state index in [2.05, 4.69) is 10.4 Å². The molecule has 0 bridgehead atoms. The third-order valence-corrected chi connectivity index (χ3v) is 2.77. The van der Waals surface area contributed by atoms with Crippen LogP contribution in [0.1, 0.15) is 5.56 Å². The number of anilines is 1. The van der Waals surface area contributed by atoms with Crippen LogP contribution in [-0.4, -0.2) is 15.7 Å². The zero-order valence-electron chi connectivity index (χ0n) is 9.64. The molecule has 1 aromatic heterocycles. The van der Waals surface area contributed by atoms with Gasteiger partial charge < -0.3 is 11.1 Å². The van der Waals surface area contributed by atoms with Crippen molar-refractivity contribution >= 4 is 23.3 Å². The summed E-state index contributed by atoms with van der Waals surface area (Å²) in [4.78, 5) is 11.7. The Balaban J connectivity index is 1.87. The Morgan fingerprint density at radius 3 is 2.83 bits per heavy atom. The van der Waals surface area contributed by atoms with E-state index in [1.807, 2.05) is 18.2 Å². The van der Waals surface area contributed by atoms with Crippen LogP contribution < -0.4 is 11.1 Å². The number of nitrogen functional groups attached to an aromatic ring is 1. The van der Waals surface area contributed by atoms with Crippen LogP contribution in [0.5, 0.6) is 0 Å². The Labute approximate surface area is 110 Å². The number of hydrogen-bond donors (Lipinski definition) is 2. The monoisotopic (exact) mass is 264 g/mol. The minimum atomic E-state index is -0.141. The van der Waals surface area contributed by atoms with Crippen LogP contribution >= 0.6 is 11.6 Å². The number of nitrogens with zero attached hydrogens (tertiary/aromatic N) is 2. The first-order valence-corrected chi connectivity index (χ1v) is 5.82. The molecule has 0 aliphatic heterocycles. The molecular weight excluding hydrogens is 252 g/mol. The van der Waals surface area contributed by atoms with Crippen LogP contribution in [0.4, 0.5) is 5.82 Å². The maximum absolute atomic E-state index is 11.7. The summed E-state index contributed by atoms with van der Waals surface area (Å²) >= 11 is 5.99. The fraction of sp³-hybridized carbons (Fsp3) is 0.167. The predicted octanol–water partition coefficient (Wildman–Crippen LogP) is 1.44. The van der Waals surface area contributed by atoms with Crippen molar-refractivity contribution in [1.29, 1.82) is 0 Å². The Kier molecular flexibility index (Phi) is 3.84. The number of benzene rings is 1. The number of nitrogens with one attached hydrogen (secondary N) is 1. The molecule has 0 atom stereocenters. The van der Waals surface area contributed by atoms with Gasteiger partial charge in [-0.2, -0.15) is 5.10 Å². The average molecular weight is 265 g/mol. The van der Waals surface area contributed by atoms with E-state index in [4.69, 9.17) is 17.3 Å². The van der Waals surface area contributed by atoms with Crippen molar-refractivity contribution in [3.05, 3.63) is 47.1 Å². The summed E-state index contributed by atoms with van der Waals surface area (Å²) in [6.07, 6.45) is 1.66. The molecule has 0 saturated carbocycles. The molecular formula is C12H13ClN4O. The van der Waals surface area contributed by atoms with E-state index in [1.165, 1.54) is 4.68 Å². The molecule has 0 radical (unpaired) electrons.